The molecule has 0 spiro atoms. The molecule has 1 heterocycles. The molecule has 0 amide bonds. The Kier molecular flexibility index (Phi) is 5.18. The lowest BCUT2D eigenvalue weighted by molar-refractivity contribution is 0.502. The zero-order chi connectivity index (χ0) is 15.4. The minimum atomic E-state index is 0.487. The fourth-order valence-electron chi connectivity index (χ4n) is 2.82. The van der Waals surface area contributed by atoms with Gasteiger partial charge in [-0.05, 0) is 44.0 Å². The standard InChI is InChI=1S/C18H27N3/c1-13(2)10-14(3)21(5)18-11-15(12-19-4)16-8-6-7-9-17(16)20-18/h6-9,11,13-14,19H,10,12H2,1-5H3. The van der Waals surface area contributed by atoms with E-state index in [-0.39, 0.29) is 0 Å². The van der Waals surface area contributed by atoms with Crippen LogP contribution in [0.1, 0.15) is 32.8 Å². The lowest BCUT2D eigenvalue weighted by Crippen LogP contribution is -2.31. The minimum absolute atomic E-state index is 0.487. The molecule has 0 saturated heterocycles. The first-order chi connectivity index (χ1) is 10.0. The Morgan fingerprint density at radius 3 is 2.57 bits per heavy atom. The van der Waals surface area contributed by atoms with E-state index in [1.165, 1.54) is 17.4 Å². The van der Waals surface area contributed by atoms with Crippen LogP contribution in [0, 0.1) is 5.92 Å². The number of anilines is 1. The van der Waals surface area contributed by atoms with Crippen LogP contribution in [0.3, 0.4) is 0 Å². The Labute approximate surface area is 128 Å². The third-order valence-electron chi connectivity index (χ3n) is 3.99. The van der Waals surface area contributed by atoms with Gasteiger partial charge in [0.25, 0.3) is 0 Å². The molecule has 0 fully saturated rings. The van der Waals surface area contributed by atoms with Crippen LogP contribution in [-0.4, -0.2) is 25.1 Å². The number of nitrogens with one attached hydrogen (secondary N) is 1. The van der Waals surface area contributed by atoms with Crippen molar-refractivity contribution in [2.75, 3.05) is 19.0 Å². The Hall–Kier alpha value is -1.61. The van der Waals surface area contributed by atoms with Gasteiger partial charge in [-0.25, -0.2) is 4.98 Å². The number of pyridine rings is 1. The first-order valence-electron chi connectivity index (χ1n) is 7.79. The molecule has 0 bridgehead atoms. The van der Waals surface area contributed by atoms with Gasteiger partial charge in [-0.1, -0.05) is 32.0 Å². The van der Waals surface area contributed by atoms with E-state index in [4.69, 9.17) is 4.98 Å². The van der Waals surface area contributed by atoms with Crippen LogP contribution in [0.15, 0.2) is 30.3 Å². The zero-order valence-electron chi connectivity index (χ0n) is 13.9. The number of rotatable bonds is 6. The van der Waals surface area contributed by atoms with Gasteiger partial charge in [0, 0.05) is 25.0 Å². The van der Waals surface area contributed by atoms with E-state index in [1.807, 2.05) is 7.05 Å². The van der Waals surface area contributed by atoms with Crippen molar-refractivity contribution in [2.24, 2.45) is 5.92 Å². The average molecular weight is 285 g/mol. The molecule has 1 atom stereocenters. The number of nitrogens with zero attached hydrogens (tertiary/aromatic N) is 2. The second-order valence-electron chi connectivity index (χ2n) is 6.28. The second kappa shape index (κ2) is 6.90. The molecule has 1 unspecified atom stereocenters. The summed E-state index contributed by atoms with van der Waals surface area (Å²) in [4.78, 5) is 7.14. The van der Waals surface area contributed by atoms with Gasteiger partial charge in [-0.2, -0.15) is 0 Å². The molecule has 0 aliphatic carbocycles. The van der Waals surface area contributed by atoms with Crippen LogP contribution in [0.2, 0.25) is 0 Å². The Morgan fingerprint density at radius 2 is 1.90 bits per heavy atom. The summed E-state index contributed by atoms with van der Waals surface area (Å²) in [6.07, 6.45) is 1.17. The van der Waals surface area contributed by atoms with Crippen molar-refractivity contribution in [1.82, 2.24) is 10.3 Å². The summed E-state index contributed by atoms with van der Waals surface area (Å²) in [5.41, 5.74) is 2.38. The highest BCUT2D eigenvalue weighted by Gasteiger charge is 2.14. The zero-order valence-corrected chi connectivity index (χ0v) is 13.9. The molecule has 114 valence electrons. The number of aromatic nitrogens is 1. The SMILES string of the molecule is CNCc1cc(N(C)C(C)CC(C)C)nc2ccccc12. The number of hydrogen-bond acceptors (Lipinski definition) is 3. The lowest BCUT2D eigenvalue weighted by atomic mass is 10.0. The average Bonchev–Trinajstić information content (AvgIpc) is 2.46. The summed E-state index contributed by atoms with van der Waals surface area (Å²) >= 11 is 0. The van der Waals surface area contributed by atoms with Crippen LogP contribution in [-0.2, 0) is 6.54 Å². The predicted octanol–water partition coefficient (Wildman–Crippen LogP) is 3.83. The van der Waals surface area contributed by atoms with E-state index >= 15 is 0 Å². The summed E-state index contributed by atoms with van der Waals surface area (Å²) in [7, 11) is 4.13. The molecule has 3 heteroatoms. The topological polar surface area (TPSA) is 28.2 Å². The highest BCUT2D eigenvalue weighted by Crippen LogP contribution is 2.24. The number of fused-ring (bicyclic) bond motifs is 1. The van der Waals surface area contributed by atoms with Gasteiger partial charge in [0.05, 0.1) is 5.52 Å². The minimum Gasteiger partial charge on any atom is -0.357 e. The van der Waals surface area contributed by atoms with Crippen molar-refractivity contribution in [3.8, 4) is 0 Å². The van der Waals surface area contributed by atoms with Crippen molar-refractivity contribution in [1.29, 1.82) is 0 Å². The molecule has 3 nitrogen and oxygen atoms in total. The largest absolute Gasteiger partial charge is 0.357 e. The summed E-state index contributed by atoms with van der Waals surface area (Å²) in [5, 5.41) is 4.49. The maximum Gasteiger partial charge on any atom is 0.129 e. The van der Waals surface area contributed by atoms with Gasteiger partial charge in [0.1, 0.15) is 5.82 Å². The van der Waals surface area contributed by atoms with Gasteiger partial charge < -0.3 is 10.2 Å². The number of hydrogen-bond donors (Lipinski definition) is 1. The molecular weight excluding hydrogens is 258 g/mol. The van der Waals surface area contributed by atoms with E-state index in [2.05, 4.69) is 68.4 Å². The lowest BCUT2D eigenvalue weighted by Gasteiger charge is -2.28. The fourth-order valence-corrected chi connectivity index (χ4v) is 2.82. The fraction of sp³-hybridized carbons (Fsp3) is 0.500. The maximum atomic E-state index is 4.84. The highest BCUT2D eigenvalue weighted by atomic mass is 15.2. The molecule has 2 aromatic rings. The molecule has 2 rings (SSSR count). The van der Waals surface area contributed by atoms with Crippen molar-refractivity contribution in [2.45, 2.75) is 39.8 Å². The van der Waals surface area contributed by atoms with Crippen LogP contribution in [0.25, 0.3) is 10.9 Å². The predicted molar refractivity (Wildman–Crippen MR) is 91.8 cm³/mol. The van der Waals surface area contributed by atoms with Crippen molar-refractivity contribution in [3.63, 3.8) is 0 Å². The summed E-state index contributed by atoms with van der Waals surface area (Å²) in [5.74, 6) is 1.76. The third-order valence-corrected chi connectivity index (χ3v) is 3.99. The summed E-state index contributed by atoms with van der Waals surface area (Å²) in [6.45, 7) is 7.67. The Balaban J connectivity index is 2.39. The van der Waals surface area contributed by atoms with E-state index in [0.29, 0.717) is 12.0 Å². The maximum absolute atomic E-state index is 4.84. The quantitative estimate of drug-likeness (QED) is 0.874. The van der Waals surface area contributed by atoms with E-state index in [0.717, 1.165) is 17.9 Å². The smallest absolute Gasteiger partial charge is 0.129 e. The van der Waals surface area contributed by atoms with Crippen LogP contribution < -0.4 is 10.2 Å². The van der Waals surface area contributed by atoms with Crippen LogP contribution in [0.4, 0.5) is 5.82 Å². The number of benzene rings is 1. The van der Waals surface area contributed by atoms with E-state index in [9.17, 15) is 0 Å². The van der Waals surface area contributed by atoms with E-state index in [1.54, 1.807) is 0 Å². The Morgan fingerprint density at radius 1 is 1.19 bits per heavy atom. The molecule has 0 saturated carbocycles. The Bertz CT molecular complexity index is 592. The molecular formula is C18H27N3. The van der Waals surface area contributed by atoms with Crippen LogP contribution in [0.5, 0.6) is 0 Å². The molecule has 1 aromatic carbocycles. The van der Waals surface area contributed by atoms with E-state index < -0.39 is 0 Å². The van der Waals surface area contributed by atoms with Gasteiger partial charge in [-0.3, -0.25) is 0 Å². The second-order valence-corrected chi connectivity index (χ2v) is 6.28. The molecule has 1 N–H and O–H groups in total. The number of para-hydroxylation sites is 1. The third kappa shape index (κ3) is 3.73. The molecule has 0 aliphatic heterocycles. The van der Waals surface area contributed by atoms with Crippen LogP contribution >= 0.6 is 0 Å². The normalized spacial score (nSPS) is 12.9. The molecule has 21 heavy (non-hydrogen) atoms. The van der Waals surface area contributed by atoms with Gasteiger partial charge >= 0.3 is 0 Å². The first-order valence-corrected chi connectivity index (χ1v) is 7.79. The van der Waals surface area contributed by atoms with Gasteiger partial charge in [0.15, 0.2) is 0 Å². The monoisotopic (exact) mass is 285 g/mol. The summed E-state index contributed by atoms with van der Waals surface area (Å²) in [6, 6.07) is 11.1. The van der Waals surface area contributed by atoms with Crippen molar-refractivity contribution in [3.05, 3.63) is 35.9 Å². The summed E-state index contributed by atoms with van der Waals surface area (Å²) < 4.78 is 0. The highest BCUT2D eigenvalue weighted by molar-refractivity contribution is 5.84. The molecule has 1 aromatic heterocycles. The van der Waals surface area contributed by atoms with Crippen molar-refractivity contribution >= 4 is 16.7 Å². The van der Waals surface area contributed by atoms with Gasteiger partial charge in [0.2, 0.25) is 0 Å². The molecule has 0 aliphatic rings. The molecule has 0 radical (unpaired) electrons. The first kappa shape index (κ1) is 15.8. The van der Waals surface area contributed by atoms with Crippen molar-refractivity contribution < 1.29 is 0 Å². The van der Waals surface area contributed by atoms with Gasteiger partial charge in [-0.15, -0.1) is 0 Å².